The second-order valence-electron chi connectivity index (χ2n) is 1.17. The highest BCUT2D eigenvalue weighted by molar-refractivity contribution is 7.76. The van der Waals surface area contributed by atoms with Crippen LogP contribution in [0.5, 0.6) is 0 Å². The second kappa shape index (κ2) is 6.87. The van der Waals surface area contributed by atoms with Crippen LogP contribution in [0.15, 0.2) is 0 Å². The van der Waals surface area contributed by atoms with Crippen LogP contribution in [-0.4, -0.2) is 13.2 Å². The van der Waals surface area contributed by atoms with Gasteiger partial charge >= 0.3 is 0 Å². The molecule has 0 aromatic heterocycles. The maximum atomic E-state index is 5.47. The van der Waals surface area contributed by atoms with E-state index in [-0.39, 0.29) is 13.2 Å². The van der Waals surface area contributed by atoms with Crippen LogP contribution >= 0.6 is 19.0 Å². The number of rotatable bonds is 4. The van der Waals surface area contributed by atoms with E-state index in [1.165, 1.54) is 0 Å². The van der Waals surface area contributed by atoms with E-state index >= 15 is 0 Å². The third-order valence-electron chi connectivity index (χ3n) is 0.499. The number of halogens is 1. The summed E-state index contributed by atoms with van der Waals surface area (Å²) in [5.74, 6) is 4.51. The van der Waals surface area contributed by atoms with Gasteiger partial charge in [-0.3, -0.25) is 0 Å². The van der Waals surface area contributed by atoms with Crippen LogP contribution < -0.4 is 0 Å². The molecule has 0 radical (unpaired) electrons. The highest BCUT2D eigenvalue weighted by Gasteiger charge is 2.02. The van der Waals surface area contributed by atoms with Crippen molar-refractivity contribution in [2.45, 2.75) is 0 Å². The first-order valence-electron chi connectivity index (χ1n) is 2.40. The first kappa shape index (κ1) is 9.76. The standard InChI is InChI=1S/C6H6ClO2P/c1-3-5-8-10(7)9-6-4-2/h1-2H,5-6H2. The summed E-state index contributed by atoms with van der Waals surface area (Å²) in [5, 5.41) is 0. The zero-order valence-electron chi connectivity index (χ0n) is 5.21. The van der Waals surface area contributed by atoms with Crippen LogP contribution in [0.4, 0.5) is 0 Å². The van der Waals surface area contributed by atoms with Crippen molar-refractivity contribution >= 4 is 19.0 Å². The Bertz CT molecular complexity index is 140. The van der Waals surface area contributed by atoms with Crippen molar-refractivity contribution in [3.63, 3.8) is 0 Å². The molecule has 0 N–H and O–H groups in total. The van der Waals surface area contributed by atoms with E-state index in [1.54, 1.807) is 0 Å². The largest absolute Gasteiger partial charge is 0.309 e. The first-order valence-corrected chi connectivity index (χ1v) is 4.48. The van der Waals surface area contributed by atoms with E-state index in [4.69, 9.17) is 33.1 Å². The van der Waals surface area contributed by atoms with Crippen LogP contribution in [0.1, 0.15) is 0 Å². The van der Waals surface area contributed by atoms with Gasteiger partial charge in [0.25, 0.3) is 7.73 Å². The minimum atomic E-state index is -1.41. The van der Waals surface area contributed by atoms with E-state index in [1.807, 2.05) is 0 Å². The van der Waals surface area contributed by atoms with Gasteiger partial charge in [0.2, 0.25) is 0 Å². The van der Waals surface area contributed by atoms with Crippen LogP contribution in [0, 0.1) is 24.7 Å². The lowest BCUT2D eigenvalue weighted by atomic mass is 10.8. The van der Waals surface area contributed by atoms with Crippen LogP contribution in [0.3, 0.4) is 0 Å². The van der Waals surface area contributed by atoms with E-state index in [0.29, 0.717) is 0 Å². The summed E-state index contributed by atoms with van der Waals surface area (Å²) in [6.45, 7) is 0.305. The third kappa shape index (κ3) is 5.89. The monoisotopic (exact) mass is 176 g/mol. The van der Waals surface area contributed by atoms with Gasteiger partial charge in [-0.15, -0.1) is 12.8 Å². The smallest absolute Gasteiger partial charge is 0.278 e. The molecule has 0 atom stereocenters. The fraction of sp³-hybridized carbons (Fsp3) is 0.333. The quantitative estimate of drug-likeness (QED) is 0.480. The first-order chi connectivity index (χ1) is 4.81. The summed E-state index contributed by atoms with van der Waals surface area (Å²) < 4.78 is 9.54. The molecule has 0 saturated heterocycles. The number of hydrogen-bond acceptors (Lipinski definition) is 2. The number of terminal acetylenes is 2. The van der Waals surface area contributed by atoms with Gasteiger partial charge in [-0.1, -0.05) is 11.8 Å². The fourth-order valence-corrected chi connectivity index (χ4v) is 0.933. The Morgan fingerprint density at radius 3 is 1.90 bits per heavy atom. The van der Waals surface area contributed by atoms with Crippen LogP contribution in [0.2, 0.25) is 0 Å². The lowest BCUT2D eigenvalue weighted by Crippen LogP contribution is -1.86. The van der Waals surface area contributed by atoms with Gasteiger partial charge in [0.05, 0.1) is 0 Å². The summed E-state index contributed by atoms with van der Waals surface area (Å²) in [4.78, 5) is 0. The van der Waals surface area contributed by atoms with Gasteiger partial charge in [0.15, 0.2) is 0 Å². The molecule has 0 amide bonds. The molecule has 0 aliphatic heterocycles. The molecule has 0 rings (SSSR count). The predicted octanol–water partition coefficient (Wildman–Crippen LogP) is 1.75. The summed E-state index contributed by atoms with van der Waals surface area (Å²) in [6.07, 6.45) is 9.77. The van der Waals surface area contributed by atoms with Gasteiger partial charge in [0.1, 0.15) is 13.2 Å². The Kier molecular flexibility index (Phi) is 6.71. The molecule has 0 aliphatic rings. The van der Waals surface area contributed by atoms with Gasteiger partial charge < -0.3 is 9.05 Å². The minimum Gasteiger partial charge on any atom is -0.309 e. The molecule has 10 heavy (non-hydrogen) atoms. The zero-order chi connectivity index (χ0) is 7.82. The Hall–Kier alpha value is -0.240. The molecule has 4 heteroatoms. The van der Waals surface area contributed by atoms with Gasteiger partial charge in [-0.2, -0.15) is 0 Å². The molecule has 54 valence electrons. The topological polar surface area (TPSA) is 18.5 Å². The average molecular weight is 177 g/mol. The summed E-state index contributed by atoms with van der Waals surface area (Å²) >= 11 is 5.47. The summed E-state index contributed by atoms with van der Waals surface area (Å²) in [5.41, 5.74) is 0. The summed E-state index contributed by atoms with van der Waals surface area (Å²) in [6, 6.07) is 0. The zero-order valence-corrected chi connectivity index (χ0v) is 6.86. The maximum Gasteiger partial charge on any atom is 0.278 e. The van der Waals surface area contributed by atoms with Crippen molar-refractivity contribution in [3.8, 4) is 24.7 Å². The van der Waals surface area contributed by atoms with E-state index < -0.39 is 7.73 Å². The molecule has 0 aromatic carbocycles. The molecule has 0 unspecified atom stereocenters. The third-order valence-corrected chi connectivity index (χ3v) is 1.75. The van der Waals surface area contributed by atoms with Crippen molar-refractivity contribution < 1.29 is 9.05 Å². The molecule has 0 bridgehead atoms. The van der Waals surface area contributed by atoms with Crippen molar-refractivity contribution in [2.24, 2.45) is 0 Å². The summed E-state index contributed by atoms with van der Waals surface area (Å²) in [7, 11) is -1.41. The normalized spacial score (nSPS) is 8.80. The highest BCUT2D eigenvalue weighted by atomic mass is 35.7. The minimum absolute atomic E-state index is 0.153. The fourth-order valence-electron chi connectivity index (χ4n) is 0.213. The lowest BCUT2D eigenvalue weighted by Gasteiger charge is -2.04. The van der Waals surface area contributed by atoms with Gasteiger partial charge in [-0.25, -0.2) is 0 Å². The molecule has 0 aromatic rings. The van der Waals surface area contributed by atoms with Crippen LogP contribution in [0.25, 0.3) is 0 Å². The van der Waals surface area contributed by atoms with Gasteiger partial charge in [-0.05, 0) is 11.2 Å². The van der Waals surface area contributed by atoms with Gasteiger partial charge in [0, 0.05) is 0 Å². The molecular weight excluding hydrogens is 170 g/mol. The van der Waals surface area contributed by atoms with E-state index in [2.05, 4.69) is 11.8 Å². The molecule has 0 fully saturated rings. The SMILES string of the molecule is C#CCOP(Cl)OCC#C. The average Bonchev–Trinajstić information content (AvgIpc) is 1.97. The molecular formula is C6H6ClO2P. The predicted molar refractivity (Wildman–Crippen MR) is 42.3 cm³/mol. The van der Waals surface area contributed by atoms with E-state index in [9.17, 15) is 0 Å². The number of hydrogen-bond donors (Lipinski definition) is 0. The van der Waals surface area contributed by atoms with Crippen molar-refractivity contribution in [1.29, 1.82) is 0 Å². The second-order valence-corrected chi connectivity index (χ2v) is 2.94. The molecule has 0 heterocycles. The van der Waals surface area contributed by atoms with Crippen molar-refractivity contribution in [1.82, 2.24) is 0 Å². The van der Waals surface area contributed by atoms with Crippen molar-refractivity contribution in [3.05, 3.63) is 0 Å². The molecule has 0 aliphatic carbocycles. The Morgan fingerprint density at radius 2 is 1.60 bits per heavy atom. The maximum absolute atomic E-state index is 5.47. The van der Waals surface area contributed by atoms with Crippen molar-refractivity contribution in [2.75, 3.05) is 13.2 Å². The highest BCUT2D eigenvalue weighted by Crippen LogP contribution is 2.42. The molecule has 2 nitrogen and oxygen atoms in total. The molecule has 0 spiro atoms. The lowest BCUT2D eigenvalue weighted by molar-refractivity contribution is 0.311. The van der Waals surface area contributed by atoms with Crippen LogP contribution in [-0.2, 0) is 9.05 Å². The Balaban J connectivity index is 3.20. The molecule has 0 saturated carbocycles. The van der Waals surface area contributed by atoms with E-state index in [0.717, 1.165) is 0 Å². The Labute approximate surface area is 66.6 Å². The Morgan fingerprint density at radius 1 is 1.20 bits per heavy atom.